The quantitative estimate of drug-likeness (QED) is 0.645. The number of nitrogens with one attached hydrogen (secondary N) is 1. The molecule has 72 valence electrons. The highest BCUT2D eigenvalue weighted by Crippen LogP contribution is 2.08. The normalized spacial score (nSPS) is 15.0. The third kappa shape index (κ3) is 3.05. The van der Waals surface area contributed by atoms with E-state index in [0.717, 1.165) is 5.69 Å². The van der Waals surface area contributed by atoms with Gasteiger partial charge in [-0.3, -0.25) is 0 Å². The van der Waals surface area contributed by atoms with E-state index in [4.69, 9.17) is 5.11 Å². The summed E-state index contributed by atoms with van der Waals surface area (Å²) in [5.41, 5.74) is 0.905. The van der Waals surface area contributed by atoms with Crippen molar-refractivity contribution in [1.82, 2.24) is 0 Å². The van der Waals surface area contributed by atoms with Gasteiger partial charge in [-0.1, -0.05) is 18.2 Å². The largest absolute Gasteiger partial charge is 0.394 e. The summed E-state index contributed by atoms with van der Waals surface area (Å²) in [5, 5.41) is 21.2. The van der Waals surface area contributed by atoms with Crippen LogP contribution >= 0.6 is 0 Å². The highest BCUT2D eigenvalue weighted by atomic mass is 16.3. The molecule has 0 heterocycles. The predicted octanol–water partition coefficient (Wildman–Crippen LogP) is 0.840. The molecule has 3 nitrogen and oxygen atoms in total. The molecule has 3 N–H and O–H groups in total. The lowest BCUT2D eigenvalue weighted by Crippen LogP contribution is -2.34. The van der Waals surface area contributed by atoms with Crippen molar-refractivity contribution in [3.63, 3.8) is 0 Å². The smallest absolute Gasteiger partial charge is 0.0748 e. The molecule has 0 aliphatic heterocycles. The SMILES string of the molecule is CC(O)C(CO)Nc1ccccc1. The molecule has 0 saturated heterocycles. The predicted molar refractivity (Wildman–Crippen MR) is 52.6 cm³/mol. The minimum absolute atomic E-state index is 0.0768. The molecule has 0 radical (unpaired) electrons. The van der Waals surface area contributed by atoms with E-state index < -0.39 is 6.10 Å². The van der Waals surface area contributed by atoms with Crippen LogP contribution in [0.25, 0.3) is 0 Å². The van der Waals surface area contributed by atoms with E-state index in [9.17, 15) is 5.11 Å². The number of anilines is 1. The molecule has 3 heteroatoms. The zero-order valence-corrected chi connectivity index (χ0v) is 7.64. The second kappa shape index (κ2) is 4.84. The Morgan fingerprint density at radius 3 is 2.38 bits per heavy atom. The molecule has 0 aromatic heterocycles. The summed E-state index contributed by atoms with van der Waals surface area (Å²) in [6, 6.07) is 9.21. The molecule has 0 spiro atoms. The number of hydrogen-bond donors (Lipinski definition) is 3. The molecule has 0 aliphatic carbocycles. The fourth-order valence-corrected chi connectivity index (χ4v) is 1.07. The van der Waals surface area contributed by atoms with Gasteiger partial charge in [-0.15, -0.1) is 0 Å². The van der Waals surface area contributed by atoms with Crippen molar-refractivity contribution in [2.45, 2.75) is 19.1 Å². The van der Waals surface area contributed by atoms with Crippen molar-refractivity contribution in [2.75, 3.05) is 11.9 Å². The molecule has 0 amide bonds. The maximum Gasteiger partial charge on any atom is 0.0748 e. The van der Waals surface area contributed by atoms with Gasteiger partial charge < -0.3 is 15.5 Å². The molecular weight excluding hydrogens is 166 g/mol. The van der Waals surface area contributed by atoms with Crippen LogP contribution in [0, 0.1) is 0 Å². The molecule has 0 saturated carbocycles. The van der Waals surface area contributed by atoms with Gasteiger partial charge in [-0.05, 0) is 19.1 Å². The van der Waals surface area contributed by atoms with Gasteiger partial charge in [0.1, 0.15) is 0 Å². The van der Waals surface area contributed by atoms with E-state index in [0.29, 0.717) is 0 Å². The first-order chi connectivity index (χ1) is 6.24. The van der Waals surface area contributed by atoms with Crippen LogP contribution in [0.3, 0.4) is 0 Å². The molecule has 2 unspecified atom stereocenters. The summed E-state index contributed by atoms with van der Waals surface area (Å²) in [6.45, 7) is 1.57. The van der Waals surface area contributed by atoms with Gasteiger partial charge in [0.15, 0.2) is 0 Å². The van der Waals surface area contributed by atoms with E-state index in [1.165, 1.54) is 0 Å². The highest BCUT2D eigenvalue weighted by molar-refractivity contribution is 5.43. The summed E-state index contributed by atoms with van der Waals surface area (Å²) >= 11 is 0. The van der Waals surface area contributed by atoms with Crippen molar-refractivity contribution < 1.29 is 10.2 Å². The van der Waals surface area contributed by atoms with Gasteiger partial charge in [0.05, 0.1) is 18.8 Å². The maximum absolute atomic E-state index is 9.25. The van der Waals surface area contributed by atoms with Crippen LogP contribution in [0.15, 0.2) is 30.3 Å². The summed E-state index contributed by atoms with van der Waals surface area (Å²) < 4.78 is 0. The minimum Gasteiger partial charge on any atom is -0.394 e. The summed E-state index contributed by atoms with van der Waals surface area (Å²) in [7, 11) is 0. The molecule has 0 aliphatic rings. The number of rotatable bonds is 4. The third-order valence-electron chi connectivity index (χ3n) is 1.90. The fourth-order valence-electron chi connectivity index (χ4n) is 1.07. The van der Waals surface area contributed by atoms with E-state index in [2.05, 4.69) is 5.32 Å². The molecule has 1 aromatic carbocycles. The molecular formula is C10H15NO2. The lowest BCUT2D eigenvalue weighted by molar-refractivity contribution is 0.132. The Hall–Kier alpha value is -1.06. The third-order valence-corrected chi connectivity index (χ3v) is 1.90. The van der Waals surface area contributed by atoms with Crippen molar-refractivity contribution in [3.8, 4) is 0 Å². The Balaban J connectivity index is 2.57. The summed E-state index contributed by atoms with van der Waals surface area (Å²) in [5.74, 6) is 0. The first kappa shape index (κ1) is 10.0. The molecule has 2 atom stereocenters. The molecule has 0 bridgehead atoms. The average Bonchev–Trinajstić information content (AvgIpc) is 2.15. The lowest BCUT2D eigenvalue weighted by atomic mass is 10.2. The van der Waals surface area contributed by atoms with E-state index in [1.54, 1.807) is 6.92 Å². The highest BCUT2D eigenvalue weighted by Gasteiger charge is 2.12. The Morgan fingerprint density at radius 1 is 1.31 bits per heavy atom. The Labute approximate surface area is 78.0 Å². The summed E-state index contributed by atoms with van der Waals surface area (Å²) in [4.78, 5) is 0. The van der Waals surface area contributed by atoms with Crippen LogP contribution in [0.5, 0.6) is 0 Å². The Kier molecular flexibility index (Phi) is 3.73. The lowest BCUT2D eigenvalue weighted by Gasteiger charge is -2.19. The molecule has 1 rings (SSSR count). The van der Waals surface area contributed by atoms with Crippen LogP contribution in [0.4, 0.5) is 5.69 Å². The van der Waals surface area contributed by atoms with Crippen LogP contribution in [0.2, 0.25) is 0 Å². The summed E-state index contributed by atoms with van der Waals surface area (Å²) in [6.07, 6.45) is -0.565. The van der Waals surface area contributed by atoms with Crippen molar-refractivity contribution in [2.24, 2.45) is 0 Å². The fraction of sp³-hybridized carbons (Fsp3) is 0.400. The maximum atomic E-state index is 9.25. The van der Waals surface area contributed by atoms with Crippen LogP contribution in [-0.2, 0) is 0 Å². The minimum atomic E-state index is -0.565. The zero-order chi connectivity index (χ0) is 9.68. The monoisotopic (exact) mass is 181 g/mol. The first-order valence-electron chi connectivity index (χ1n) is 4.34. The van der Waals surface area contributed by atoms with Crippen molar-refractivity contribution in [3.05, 3.63) is 30.3 Å². The first-order valence-corrected chi connectivity index (χ1v) is 4.34. The molecule has 0 fully saturated rings. The average molecular weight is 181 g/mol. The topological polar surface area (TPSA) is 52.5 Å². The van der Waals surface area contributed by atoms with Gasteiger partial charge in [0.25, 0.3) is 0 Å². The van der Waals surface area contributed by atoms with Gasteiger partial charge >= 0.3 is 0 Å². The van der Waals surface area contributed by atoms with Gasteiger partial charge in [0, 0.05) is 5.69 Å². The molecule has 1 aromatic rings. The van der Waals surface area contributed by atoms with Gasteiger partial charge in [-0.25, -0.2) is 0 Å². The van der Waals surface area contributed by atoms with E-state index in [-0.39, 0.29) is 12.6 Å². The van der Waals surface area contributed by atoms with Crippen molar-refractivity contribution >= 4 is 5.69 Å². The van der Waals surface area contributed by atoms with Crippen molar-refractivity contribution in [1.29, 1.82) is 0 Å². The van der Waals surface area contributed by atoms with E-state index in [1.807, 2.05) is 30.3 Å². The van der Waals surface area contributed by atoms with Gasteiger partial charge in [-0.2, -0.15) is 0 Å². The zero-order valence-electron chi connectivity index (χ0n) is 7.64. The number of aliphatic hydroxyl groups is 2. The number of benzene rings is 1. The van der Waals surface area contributed by atoms with Crippen LogP contribution in [-0.4, -0.2) is 29.0 Å². The number of para-hydroxylation sites is 1. The van der Waals surface area contributed by atoms with Crippen LogP contribution < -0.4 is 5.32 Å². The molecule has 13 heavy (non-hydrogen) atoms. The number of aliphatic hydroxyl groups excluding tert-OH is 2. The Bertz CT molecular complexity index is 236. The second-order valence-corrected chi connectivity index (χ2v) is 3.04. The standard InChI is InChI=1S/C10H15NO2/c1-8(13)10(7-12)11-9-5-3-2-4-6-9/h2-6,8,10-13H,7H2,1H3. The number of hydrogen-bond acceptors (Lipinski definition) is 3. The second-order valence-electron chi connectivity index (χ2n) is 3.04. The Morgan fingerprint density at radius 2 is 1.92 bits per heavy atom. The van der Waals surface area contributed by atoms with Gasteiger partial charge in [0.2, 0.25) is 0 Å². The van der Waals surface area contributed by atoms with E-state index >= 15 is 0 Å². The van der Waals surface area contributed by atoms with Crippen LogP contribution in [0.1, 0.15) is 6.92 Å².